The van der Waals surface area contributed by atoms with Crippen molar-refractivity contribution in [3.8, 4) is 0 Å². The molecule has 0 amide bonds. The molecular weight excluding hydrogens is 296 g/mol. The summed E-state index contributed by atoms with van der Waals surface area (Å²) in [5.74, 6) is 0. The van der Waals surface area contributed by atoms with E-state index in [1.165, 1.54) is 34.7 Å². The van der Waals surface area contributed by atoms with Crippen LogP contribution in [0.4, 0.5) is 13.2 Å². The van der Waals surface area contributed by atoms with E-state index in [0.717, 1.165) is 6.07 Å². The van der Waals surface area contributed by atoms with Gasteiger partial charge in [0.15, 0.2) is 6.29 Å². The predicted octanol–water partition coefficient (Wildman–Crippen LogP) is 3.12. The fourth-order valence-corrected chi connectivity index (χ4v) is 1.65. The van der Waals surface area contributed by atoms with Crippen LogP contribution in [0.1, 0.15) is 15.9 Å². The molecule has 1 aromatic carbocycles. The third-order valence-electron chi connectivity index (χ3n) is 1.46. The molecule has 0 bridgehead atoms. The molecule has 1 aromatic rings. The molecule has 0 fully saturated rings. The van der Waals surface area contributed by atoms with Crippen LogP contribution in [0, 0.1) is 3.57 Å². The lowest BCUT2D eigenvalue weighted by molar-refractivity contribution is -0.138. The second kappa shape index (κ2) is 3.65. The maximum atomic E-state index is 12.2. The van der Waals surface area contributed by atoms with Crippen molar-refractivity contribution in [3.05, 3.63) is 32.9 Å². The largest absolute Gasteiger partial charge is 0.417 e. The van der Waals surface area contributed by atoms with E-state index in [1.807, 2.05) is 0 Å². The number of halogens is 4. The van der Waals surface area contributed by atoms with Crippen LogP contribution in [-0.4, -0.2) is 6.29 Å². The maximum absolute atomic E-state index is 12.2. The van der Waals surface area contributed by atoms with Crippen molar-refractivity contribution in [1.82, 2.24) is 0 Å². The summed E-state index contributed by atoms with van der Waals surface area (Å²) in [6.07, 6.45) is -3.98. The Hall–Kier alpha value is -0.590. The molecule has 13 heavy (non-hydrogen) atoms. The fraction of sp³-hybridized carbons (Fsp3) is 0.125. The standard InChI is InChI=1S/C8H4F3IO/c9-8(10,11)6-3-1-2-5(4-13)7(6)12/h1-4H. The summed E-state index contributed by atoms with van der Waals surface area (Å²) in [4.78, 5) is 10.3. The van der Waals surface area contributed by atoms with Gasteiger partial charge in [-0.3, -0.25) is 4.79 Å². The minimum absolute atomic E-state index is 0.0531. The van der Waals surface area contributed by atoms with Gasteiger partial charge in [-0.05, 0) is 28.7 Å². The topological polar surface area (TPSA) is 17.1 Å². The zero-order valence-corrected chi connectivity index (χ0v) is 8.39. The highest BCUT2D eigenvalue weighted by atomic mass is 127. The van der Waals surface area contributed by atoms with Gasteiger partial charge in [0.2, 0.25) is 0 Å². The van der Waals surface area contributed by atoms with Crippen LogP contribution in [0.5, 0.6) is 0 Å². The first-order valence-electron chi connectivity index (χ1n) is 3.27. The summed E-state index contributed by atoms with van der Waals surface area (Å²) in [6.45, 7) is 0. The van der Waals surface area contributed by atoms with E-state index >= 15 is 0 Å². The van der Waals surface area contributed by atoms with Gasteiger partial charge in [-0.2, -0.15) is 13.2 Å². The van der Waals surface area contributed by atoms with Gasteiger partial charge >= 0.3 is 6.18 Å². The number of rotatable bonds is 1. The number of aldehydes is 1. The molecule has 0 aliphatic carbocycles. The number of hydrogen-bond acceptors (Lipinski definition) is 1. The molecule has 70 valence electrons. The monoisotopic (exact) mass is 300 g/mol. The van der Waals surface area contributed by atoms with Crippen molar-refractivity contribution in [2.75, 3.05) is 0 Å². The average Bonchev–Trinajstić information content (AvgIpc) is 2.02. The van der Waals surface area contributed by atoms with Gasteiger partial charge in [0.05, 0.1) is 5.56 Å². The summed E-state index contributed by atoms with van der Waals surface area (Å²) in [5, 5.41) is 0. The Morgan fingerprint density at radius 2 is 1.92 bits per heavy atom. The molecule has 1 rings (SSSR count). The van der Waals surface area contributed by atoms with E-state index in [2.05, 4.69) is 0 Å². The SMILES string of the molecule is O=Cc1cccc(C(F)(F)F)c1I. The molecule has 5 heteroatoms. The number of carbonyl (C=O) groups is 1. The quantitative estimate of drug-likeness (QED) is 0.575. The zero-order valence-electron chi connectivity index (χ0n) is 6.23. The van der Waals surface area contributed by atoms with Crippen molar-refractivity contribution in [2.45, 2.75) is 6.18 Å². The third-order valence-corrected chi connectivity index (χ3v) is 2.66. The first kappa shape index (κ1) is 10.5. The van der Waals surface area contributed by atoms with Crippen LogP contribution in [0.3, 0.4) is 0 Å². The van der Waals surface area contributed by atoms with Gasteiger partial charge in [0.1, 0.15) is 0 Å². The molecule has 0 aliphatic heterocycles. The second-order valence-electron chi connectivity index (χ2n) is 2.32. The van der Waals surface area contributed by atoms with Crippen molar-refractivity contribution >= 4 is 28.9 Å². The normalized spacial score (nSPS) is 11.4. The molecule has 0 aromatic heterocycles. The van der Waals surface area contributed by atoms with Gasteiger partial charge in [-0.25, -0.2) is 0 Å². The van der Waals surface area contributed by atoms with Gasteiger partial charge in [0.25, 0.3) is 0 Å². The predicted molar refractivity (Wildman–Crippen MR) is 49.5 cm³/mol. The second-order valence-corrected chi connectivity index (χ2v) is 3.40. The molecule has 0 aliphatic rings. The number of alkyl halides is 3. The lowest BCUT2D eigenvalue weighted by Gasteiger charge is -2.09. The van der Waals surface area contributed by atoms with E-state index in [0.29, 0.717) is 6.29 Å². The van der Waals surface area contributed by atoms with Crippen LogP contribution in [0.25, 0.3) is 0 Å². The Balaban J connectivity index is 3.32. The minimum Gasteiger partial charge on any atom is -0.298 e. The van der Waals surface area contributed by atoms with Gasteiger partial charge in [-0.1, -0.05) is 12.1 Å². The van der Waals surface area contributed by atoms with Crippen LogP contribution in [0.2, 0.25) is 0 Å². The summed E-state index contributed by atoms with van der Waals surface area (Å²) in [7, 11) is 0. The third kappa shape index (κ3) is 2.20. The molecule has 0 heterocycles. The molecule has 0 spiro atoms. The Morgan fingerprint density at radius 1 is 1.31 bits per heavy atom. The summed E-state index contributed by atoms with van der Waals surface area (Å²) in [5.41, 5.74) is -0.701. The molecule has 0 atom stereocenters. The highest BCUT2D eigenvalue weighted by molar-refractivity contribution is 14.1. The average molecular weight is 300 g/mol. The maximum Gasteiger partial charge on any atom is 0.417 e. The van der Waals surface area contributed by atoms with E-state index in [-0.39, 0.29) is 9.13 Å². The minimum atomic E-state index is -4.39. The zero-order chi connectivity index (χ0) is 10.1. The summed E-state index contributed by atoms with van der Waals surface area (Å²) >= 11 is 1.51. The highest BCUT2D eigenvalue weighted by Crippen LogP contribution is 2.33. The van der Waals surface area contributed by atoms with Crippen molar-refractivity contribution < 1.29 is 18.0 Å². The lowest BCUT2D eigenvalue weighted by Crippen LogP contribution is -2.08. The molecule has 0 saturated carbocycles. The fourth-order valence-electron chi connectivity index (χ4n) is 0.860. The number of carbonyl (C=O) groups excluding carboxylic acids is 1. The van der Waals surface area contributed by atoms with E-state index in [9.17, 15) is 18.0 Å². The van der Waals surface area contributed by atoms with Crippen LogP contribution in [-0.2, 0) is 6.18 Å². The van der Waals surface area contributed by atoms with Gasteiger partial charge in [0, 0.05) is 9.13 Å². The Kier molecular flexibility index (Phi) is 2.94. The van der Waals surface area contributed by atoms with Crippen LogP contribution >= 0.6 is 22.6 Å². The Bertz CT molecular complexity index is 333. The highest BCUT2D eigenvalue weighted by Gasteiger charge is 2.33. The smallest absolute Gasteiger partial charge is 0.298 e. The summed E-state index contributed by atoms with van der Waals surface area (Å²) in [6, 6.07) is 3.52. The lowest BCUT2D eigenvalue weighted by atomic mass is 10.1. The first-order valence-corrected chi connectivity index (χ1v) is 4.35. The van der Waals surface area contributed by atoms with Crippen LogP contribution < -0.4 is 0 Å². The molecule has 1 nitrogen and oxygen atoms in total. The van der Waals surface area contributed by atoms with Gasteiger partial charge in [-0.15, -0.1) is 0 Å². The van der Waals surface area contributed by atoms with Crippen LogP contribution in [0.15, 0.2) is 18.2 Å². The van der Waals surface area contributed by atoms with Gasteiger partial charge < -0.3 is 0 Å². The van der Waals surface area contributed by atoms with E-state index in [4.69, 9.17) is 0 Å². The molecule has 0 N–H and O–H groups in total. The van der Waals surface area contributed by atoms with Crippen molar-refractivity contribution in [3.63, 3.8) is 0 Å². The molecule has 0 radical (unpaired) electrons. The van der Waals surface area contributed by atoms with E-state index < -0.39 is 11.7 Å². The van der Waals surface area contributed by atoms with Crippen molar-refractivity contribution in [1.29, 1.82) is 0 Å². The molecule has 0 unspecified atom stereocenters. The van der Waals surface area contributed by atoms with Crippen molar-refractivity contribution in [2.24, 2.45) is 0 Å². The molecule has 0 saturated heterocycles. The number of hydrogen-bond donors (Lipinski definition) is 0. The molecular formula is C8H4F3IO. The Labute approximate surface area is 86.1 Å². The van der Waals surface area contributed by atoms with E-state index in [1.54, 1.807) is 0 Å². The number of benzene rings is 1. The Morgan fingerprint density at radius 3 is 2.38 bits per heavy atom. The summed E-state index contributed by atoms with van der Waals surface area (Å²) < 4.78 is 36.7. The first-order chi connectivity index (χ1) is 5.96.